The third-order valence-electron chi connectivity index (χ3n) is 4.97. The van der Waals surface area contributed by atoms with Gasteiger partial charge in [-0.3, -0.25) is 19.8 Å². The second-order valence-electron chi connectivity index (χ2n) is 6.93. The van der Waals surface area contributed by atoms with Crippen molar-refractivity contribution in [1.29, 1.82) is 0 Å². The molecule has 30 heavy (non-hydrogen) atoms. The molecule has 0 bridgehead atoms. The van der Waals surface area contributed by atoms with Crippen LogP contribution in [-0.2, 0) is 9.59 Å². The van der Waals surface area contributed by atoms with Gasteiger partial charge in [0.1, 0.15) is 5.57 Å². The minimum atomic E-state index is -0.514. The second kappa shape index (κ2) is 7.89. The number of amides is 2. The van der Waals surface area contributed by atoms with Crippen molar-refractivity contribution in [2.24, 2.45) is 0 Å². The highest BCUT2D eigenvalue weighted by atomic mass is 35.5. The SMILES string of the molecule is Cc1cc(/C=C2\C(=O)NC(=S)N(c3ccc(Cl)cc3)C2=O)c(C)n1-c1ccccc1. The first-order chi connectivity index (χ1) is 14.4. The fraction of sp³-hybridized carbons (Fsp3) is 0.0870. The van der Waals surface area contributed by atoms with Gasteiger partial charge in [-0.2, -0.15) is 0 Å². The van der Waals surface area contributed by atoms with Gasteiger partial charge in [-0.25, -0.2) is 0 Å². The molecule has 0 radical (unpaired) electrons. The molecule has 1 saturated heterocycles. The summed E-state index contributed by atoms with van der Waals surface area (Å²) >= 11 is 11.2. The van der Waals surface area contributed by atoms with Crippen molar-refractivity contribution in [2.45, 2.75) is 13.8 Å². The number of para-hydroxylation sites is 1. The third kappa shape index (κ3) is 3.56. The highest BCUT2D eigenvalue weighted by Gasteiger charge is 2.34. The Morgan fingerprint density at radius 3 is 2.30 bits per heavy atom. The van der Waals surface area contributed by atoms with E-state index in [1.807, 2.05) is 50.2 Å². The maximum absolute atomic E-state index is 13.2. The summed E-state index contributed by atoms with van der Waals surface area (Å²) in [4.78, 5) is 27.1. The Balaban J connectivity index is 1.76. The standard InChI is InChI=1S/C23H18ClN3O2S/c1-14-12-16(15(2)26(14)18-6-4-3-5-7-18)13-20-21(28)25-23(30)27(22(20)29)19-10-8-17(24)9-11-19/h3-13H,1-2H3,(H,25,28,30)/b20-13+. The number of carbonyl (C=O) groups excluding carboxylic acids is 2. The number of hydrogen-bond acceptors (Lipinski definition) is 3. The molecule has 4 rings (SSSR count). The molecule has 1 aliphatic rings. The number of aryl methyl sites for hydroxylation is 1. The third-order valence-corrected chi connectivity index (χ3v) is 5.51. The predicted molar refractivity (Wildman–Crippen MR) is 123 cm³/mol. The monoisotopic (exact) mass is 435 g/mol. The molecule has 1 N–H and O–H groups in total. The average molecular weight is 436 g/mol. The van der Waals surface area contributed by atoms with Gasteiger partial charge in [0, 0.05) is 22.1 Å². The molecule has 1 aromatic heterocycles. The minimum Gasteiger partial charge on any atom is -0.318 e. The molecule has 1 aliphatic heterocycles. The molecule has 2 amide bonds. The van der Waals surface area contributed by atoms with Crippen LogP contribution in [0.5, 0.6) is 0 Å². The first-order valence-electron chi connectivity index (χ1n) is 9.28. The van der Waals surface area contributed by atoms with E-state index in [4.69, 9.17) is 23.8 Å². The van der Waals surface area contributed by atoms with Crippen LogP contribution in [0.4, 0.5) is 5.69 Å². The Morgan fingerprint density at radius 2 is 1.63 bits per heavy atom. The van der Waals surface area contributed by atoms with E-state index in [1.54, 1.807) is 30.3 Å². The van der Waals surface area contributed by atoms with E-state index >= 15 is 0 Å². The van der Waals surface area contributed by atoms with Crippen molar-refractivity contribution in [3.05, 3.63) is 88.2 Å². The zero-order chi connectivity index (χ0) is 21.4. The maximum Gasteiger partial charge on any atom is 0.270 e. The number of halogens is 1. The van der Waals surface area contributed by atoms with E-state index in [-0.39, 0.29) is 10.7 Å². The fourth-order valence-corrected chi connectivity index (χ4v) is 3.95. The Labute approximate surface area is 184 Å². The van der Waals surface area contributed by atoms with Crippen molar-refractivity contribution in [3.8, 4) is 5.69 Å². The van der Waals surface area contributed by atoms with Crippen molar-refractivity contribution < 1.29 is 9.59 Å². The van der Waals surface area contributed by atoms with Crippen molar-refractivity contribution >= 4 is 52.5 Å². The maximum atomic E-state index is 13.2. The Hall–Kier alpha value is -3.22. The Morgan fingerprint density at radius 1 is 0.967 bits per heavy atom. The number of hydrogen-bond donors (Lipinski definition) is 1. The molecule has 2 heterocycles. The number of carbonyl (C=O) groups is 2. The van der Waals surface area contributed by atoms with Gasteiger partial charge in [0.2, 0.25) is 0 Å². The van der Waals surface area contributed by atoms with E-state index in [9.17, 15) is 9.59 Å². The predicted octanol–water partition coefficient (Wildman–Crippen LogP) is 4.58. The van der Waals surface area contributed by atoms with E-state index in [0.717, 1.165) is 22.6 Å². The highest BCUT2D eigenvalue weighted by Crippen LogP contribution is 2.26. The summed E-state index contributed by atoms with van der Waals surface area (Å²) in [5, 5.41) is 3.19. The number of aromatic nitrogens is 1. The molecular formula is C23H18ClN3O2S. The van der Waals surface area contributed by atoms with Gasteiger partial charge in [-0.1, -0.05) is 29.8 Å². The van der Waals surface area contributed by atoms with Crippen molar-refractivity contribution in [3.63, 3.8) is 0 Å². The molecule has 150 valence electrons. The number of nitrogens with one attached hydrogen (secondary N) is 1. The van der Waals surface area contributed by atoms with Gasteiger partial charge in [0.05, 0.1) is 5.69 Å². The topological polar surface area (TPSA) is 54.3 Å². The minimum absolute atomic E-state index is 0.0202. The van der Waals surface area contributed by atoms with Crippen LogP contribution in [0.1, 0.15) is 17.0 Å². The summed E-state index contributed by atoms with van der Waals surface area (Å²) < 4.78 is 2.08. The molecular weight excluding hydrogens is 418 g/mol. The molecule has 0 unspecified atom stereocenters. The molecule has 0 saturated carbocycles. The second-order valence-corrected chi connectivity index (χ2v) is 7.75. The Kier molecular flexibility index (Phi) is 5.28. The fourth-order valence-electron chi connectivity index (χ4n) is 3.55. The molecule has 2 aromatic carbocycles. The molecule has 0 atom stereocenters. The summed E-state index contributed by atoms with van der Waals surface area (Å²) in [6, 6.07) is 18.6. The van der Waals surface area contributed by atoms with Crippen LogP contribution in [0.25, 0.3) is 11.8 Å². The zero-order valence-corrected chi connectivity index (χ0v) is 17.9. The normalized spacial score (nSPS) is 15.6. The van der Waals surface area contributed by atoms with Crippen LogP contribution in [0.2, 0.25) is 5.02 Å². The lowest BCUT2D eigenvalue weighted by molar-refractivity contribution is -0.122. The van der Waals surface area contributed by atoms with Gasteiger partial charge in [0.15, 0.2) is 5.11 Å². The largest absolute Gasteiger partial charge is 0.318 e. The number of benzene rings is 2. The molecule has 0 aliphatic carbocycles. The van der Waals surface area contributed by atoms with Crippen LogP contribution >= 0.6 is 23.8 Å². The molecule has 3 aromatic rings. The zero-order valence-electron chi connectivity index (χ0n) is 16.3. The van der Waals surface area contributed by atoms with Crippen LogP contribution in [0, 0.1) is 13.8 Å². The van der Waals surface area contributed by atoms with Crippen LogP contribution < -0.4 is 10.2 Å². The van der Waals surface area contributed by atoms with Gasteiger partial charge in [-0.15, -0.1) is 0 Å². The smallest absolute Gasteiger partial charge is 0.270 e. The van der Waals surface area contributed by atoms with Crippen LogP contribution in [0.3, 0.4) is 0 Å². The van der Waals surface area contributed by atoms with Gasteiger partial charge >= 0.3 is 0 Å². The lowest BCUT2D eigenvalue weighted by Crippen LogP contribution is -2.54. The number of anilines is 1. The van der Waals surface area contributed by atoms with Gasteiger partial charge in [-0.05, 0) is 80.2 Å². The van der Waals surface area contributed by atoms with Crippen molar-refractivity contribution in [1.82, 2.24) is 9.88 Å². The molecule has 5 nitrogen and oxygen atoms in total. The van der Waals surface area contributed by atoms with E-state index < -0.39 is 11.8 Å². The number of rotatable bonds is 3. The first-order valence-corrected chi connectivity index (χ1v) is 10.1. The molecule has 0 spiro atoms. The summed E-state index contributed by atoms with van der Waals surface area (Å²) in [6.07, 6.45) is 1.62. The van der Waals surface area contributed by atoms with Gasteiger partial charge < -0.3 is 4.57 Å². The van der Waals surface area contributed by atoms with E-state index in [1.165, 1.54) is 4.90 Å². The Bertz CT molecular complexity index is 1200. The first kappa shape index (κ1) is 20.1. The summed E-state index contributed by atoms with van der Waals surface area (Å²) in [7, 11) is 0. The van der Waals surface area contributed by atoms with Gasteiger partial charge in [0.25, 0.3) is 11.8 Å². The van der Waals surface area contributed by atoms with Crippen LogP contribution in [-0.4, -0.2) is 21.5 Å². The lowest BCUT2D eigenvalue weighted by Gasteiger charge is -2.28. The molecule has 1 fully saturated rings. The van der Waals surface area contributed by atoms with E-state index in [2.05, 4.69) is 9.88 Å². The number of nitrogens with zero attached hydrogens (tertiary/aromatic N) is 2. The highest BCUT2D eigenvalue weighted by molar-refractivity contribution is 7.80. The quantitative estimate of drug-likeness (QED) is 0.372. The average Bonchev–Trinajstić information content (AvgIpc) is 3.00. The van der Waals surface area contributed by atoms with Crippen molar-refractivity contribution in [2.75, 3.05) is 4.90 Å². The van der Waals surface area contributed by atoms with E-state index in [0.29, 0.717) is 10.7 Å². The number of thiocarbonyl (C=S) groups is 1. The molecule has 7 heteroatoms. The summed E-state index contributed by atoms with van der Waals surface area (Å²) in [5.74, 6) is -0.990. The van der Waals surface area contributed by atoms with Crippen LogP contribution in [0.15, 0.2) is 66.2 Å². The summed E-state index contributed by atoms with van der Waals surface area (Å²) in [5.41, 5.74) is 4.29. The lowest BCUT2D eigenvalue weighted by atomic mass is 10.1. The summed E-state index contributed by atoms with van der Waals surface area (Å²) in [6.45, 7) is 3.94.